The van der Waals surface area contributed by atoms with Crippen molar-refractivity contribution in [3.05, 3.63) is 65.0 Å². The summed E-state index contributed by atoms with van der Waals surface area (Å²) in [5.74, 6) is -0.586. The summed E-state index contributed by atoms with van der Waals surface area (Å²) >= 11 is 7.39. The van der Waals surface area contributed by atoms with Crippen LogP contribution in [0.3, 0.4) is 0 Å². The number of rotatable bonds is 6. The molecule has 0 saturated heterocycles. The molecule has 0 atom stereocenters. The van der Waals surface area contributed by atoms with Gasteiger partial charge in [-0.2, -0.15) is 8.42 Å². The van der Waals surface area contributed by atoms with Gasteiger partial charge in [0.15, 0.2) is 0 Å². The summed E-state index contributed by atoms with van der Waals surface area (Å²) in [4.78, 5) is 13.6. The third-order valence-corrected chi connectivity index (χ3v) is 7.05. The lowest BCUT2D eigenvalue weighted by atomic mass is 10.1. The Bertz CT molecular complexity index is 1340. The van der Waals surface area contributed by atoms with Gasteiger partial charge in [0.25, 0.3) is 10.0 Å². The summed E-state index contributed by atoms with van der Waals surface area (Å²) < 4.78 is 46.5. The van der Waals surface area contributed by atoms with Crippen molar-refractivity contribution in [2.75, 3.05) is 4.72 Å². The predicted molar refractivity (Wildman–Crippen MR) is 117 cm³/mol. The summed E-state index contributed by atoms with van der Waals surface area (Å²) in [5.41, 5.74) is 1.41. The van der Waals surface area contributed by atoms with Crippen LogP contribution >= 0.6 is 22.9 Å². The SMILES string of the molecule is CC(C)c1nc(-c2ccc(F)c(NS(=O)(=O)c3ccco3)c2)c(-c2ccnc(Cl)n2)s1. The number of halogens is 2. The van der Waals surface area contributed by atoms with Gasteiger partial charge in [-0.05, 0) is 48.0 Å². The second-order valence-corrected chi connectivity index (χ2v) is 9.81. The normalized spacial score (nSPS) is 11.8. The van der Waals surface area contributed by atoms with E-state index in [1.54, 1.807) is 6.07 Å². The first-order valence-electron chi connectivity index (χ1n) is 9.10. The van der Waals surface area contributed by atoms with Crippen LogP contribution < -0.4 is 4.72 Å². The number of nitrogens with one attached hydrogen (secondary N) is 1. The maximum Gasteiger partial charge on any atom is 0.295 e. The molecule has 0 amide bonds. The van der Waals surface area contributed by atoms with Gasteiger partial charge in [-0.15, -0.1) is 11.3 Å². The van der Waals surface area contributed by atoms with Crippen molar-refractivity contribution in [1.29, 1.82) is 0 Å². The van der Waals surface area contributed by atoms with E-state index in [1.165, 1.54) is 54.1 Å². The quantitative estimate of drug-likeness (QED) is 0.363. The van der Waals surface area contributed by atoms with Crippen LogP contribution in [0.4, 0.5) is 10.1 Å². The molecule has 31 heavy (non-hydrogen) atoms. The van der Waals surface area contributed by atoms with Crippen LogP contribution in [0.5, 0.6) is 0 Å². The number of benzene rings is 1. The van der Waals surface area contributed by atoms with Gasteiger partial charge in [0.2, 0.25) is 10.4 Å². The molecule has 0 fully saturated rings. The fourth-order valence-electron chi connectivity index (χ4n) is 2.78. The number of thiazole rings is 1. The van der Waals surface area contributed by atoms with Crippen LogP contribution in [0.25, 0.3) is 21.8 Å². The van der Waals surface area contributed by atoms with E-state index in [0.717, 1.165) is 9.88 Å². The van der Waals surface area contributed by atoms with Crippen molar-refractivity contribution < 1.29 is 17.2 Å². The maximum atomic E-state index is 14.5. The fourth-order valence-corrected chi connectivity index (χ4v) is 4.97. The number of sulfonamides is 1. The number of anilines is 1. The topological polar surface area (TPSA) is 98.0 Å². The Hall–Kier alpha value is -2.82. The Morgan fingerprint density at radius 1 is 1.19 bits per heavy atom. The molecule has 1 aromatic carbocycles. The first-order valence-corrected chi connectivity index (χ1v) is 11.8. The van der Waals surface area contributed by atoms with Crippen molar-refractivity contribution in [3.63, 3.8) is 0 Å². The number of nitrogens with zero attached hydrogens (tertiary/aromatic N) is 3. The average molecular weight is 479 g/mol. The third-order valence-electron chi connectivity index (χ3n) is 4.24. The van der Waals surface area contributed by atoms with Crippen LogP contribution in [0.2, 0.25) is 5.28 Å². The van der Waals surface area contributed by atoms with Crippen molar-refractivity contribution >= 4 is 38.6 Å². The van der Waals surface area contributed by atoms with Crippen molar-refractivity contribution in [2.45, 2.75) is 24.9 Å². The van der Waals surface area contributed by atoms with Crippen molar-refractivity contribution in [3.8, 4) is 21.8 Å². The van der Waals surface area contributed by atoms with Crippen LogP contribution in [-0.4, -0.2) is 23.4 Å². The van der Waals surface area contributed by atoms with Gasteiger partial charge in [0, 0.05) is 17.7 Å². The molecule has 0 unspecified atom stereocenters. The third kappa shape index (κ3) is 4.46. The van der Waals surface area contributed by atoms with Gasteiger partial charge in [-0.1, -0.05) is 13.8 Å². The number of hydrogen-bond donors (Lipinski definition) is 1. The van der Waals surface area contributed by atoms with Crippen LogP contribution in [0.15, 0.2) is 58.4 Å². The Balaban J connectivity index is 1.81. The molecule has 1 N–H and O–H groups in total. The molecule has 0 aliphatic carbocycles. The maximum absolute atomic E-state index is 14.5. The summed E-state index contributed by atoms with van der Waals surface area (Å²) in [6, 6.07) is 8.52. The molecule has 0 spiro atoms. The van der Waals surface area contributed by atoms with E-state index in [1.807, 2.05) is 13.8 Å². The molecule has 3 heterocycles. The minimum absolute atomic E-state index is 0.0916. The summed E-state index contributed by atoms with van der Waals surface area (Å²) in [6.07, 6.45) is 2.76. The standard InChI is InChI=1S/C20H16ClFN4O3S2/c1-11(2)19-25-17(18(30-19)14-7-8-23-20(21)24-14)12-5-6-13(22)15(10-12)26-31(27,28)16-4-3-9-29-16/h3-11,26H,1-2H3. The zero-order valence-corrected chi connectivity index (χ0v) is 18.7. The highest BCUT2D eigenvalue weighted by atomic mass is 35.5. The molecular weight excluding hydrogens is 463 g/mol. The van der Waals surface area contributed by atoms with E-state index in [0.29, 0.717) is 17.0 Å². The smallest absolute Gasteiger partial charge is 0.295 e. The van der Waals surface area contributed by atoms with Crippen molar-refractivity contribution in [2.24, 2.45) is 0 Å². The monoisotopic (exact) mass is 478 g/mol. The van der Waals surface area contributed by atoms with Gasteiger partial charge in [-0.3, -0.25) is 4.72 Å². The summed E-state index contributed by atoms with van der Waals surface area (Å²) in [5, 5.41) is 0.625. The molecule has 3 aromatic heterocycles. The largest absolute Gasteiger partial charge is 0.451 e. The second-order valence-electron chi connectivity index (χ2n) is 6.83. The summed E-state index contributed by atoms with van der Waals surface area (Å²) in [7, 11) is -4.08. The zero-order valence-electron chi connectivity index (χ0n) is 16.3. The highest BCUT2D eigenvalue weighted by molar-refractivity contribution is 7.92. The average Bonchev–Trinajstić information content (AvgIpc) is 3.40. The van der Waals surface area contributed by atoms with Gasteiger partial charge in [0.1, 0.15) is 5.82 Å². The van der Waals surface area contributed by atoms with Crippen LogP contribution in [0.1, 0.15) is 24.8 Å². The molecule has 0 saturated carbocycles. The molecule has 0 radical (unpaired) electrons. The number of furan rings is 1. The van der Waals surface area contributed by atoms with Crippen LogP contribution in [-0.2, 0) is 10.0 Å². The van der Waals surface area contributed by atoms with Crippen molar-refractivity contribution in [1.82, 2.24) is 15.0 Å². The van der Waals surface area contributed by atoms with Crippen LogP contribution in [0, 0.1) is 5.82 Å². The molecule has 11 heteroatoms. The van der Waals surface area contributed by atoms with E-state index in [-0.39, 0.29) is 22.0 Å². The first kappa shape index (κ1) is 21.4. The Kier molecular flexibility index (Phi) is 5.78. The minimum atomic E-state index is -4.08. The molecule has 4 rings (SSSR count). The fraction of sp³-hybridized carbons (Fsp3) is 0.150. The Morgan fingerprint density at radius 2 is 2.00 bits per heavy atom. The van der Waals surface area contributed by atoms with E-state index < -0.39 is 15.8 Å². The van der Waals surface area contributed by atoms with Gasteiger partial charge in [0.05, 0.1) is 33.2 Å². The molecule has 0 aliphatic rings. The minimum Gasteiger partial charge on any atom is -0.451 e. The molecule has 160 valence electrons. The van der Waals surface area contributed by atoms with Gasteiger partial charge >= 0.3 is 0 Å². The number of hydrogen-bond acceptors (Lipinski definition) is 7. The lowest BCUT2D eigenvalue weighted by Crippen LogP contribution is -2.13. The summed E-state index contributed by atoms with van der Waals surface area (Å²) in [6.45, 7) is 4.01. The van der Waals surface area contributed by atoms with Gasteiger partial charge < -0.3 is 4.42 Å². The molecule has 0 bridgehead atoms. The lowest BCUT2D eigenvalue weighted by Gasteiger charge is -2.09. The molecular formula is C20H16ClFN4O3S2. The van der Waals surface area contributed by atoms with E-state index >= 15 is 0 Å². The Labute approximate surface area is 187 Å². The van der Waals surface area contributed by atoms with Gasteiger partial charge in [-0.25, -0.2) is 19.3 Å². The highest BCUT2D eigenvalue weighted by Gasteiger charge is 2.22. The zero-order chi connectivity index (χ0) is 22.2. The Morgan fingerprint density at radius 3 is 2.68 bits per heavy atom. The lowest BCUT2D eigenvalue weighted by molar-refractivity contribution is 0.452. The molecule has 0 aliphatic heterocycles. The second kappa shape index (κ2) is 8.37. The van der Waals surface area contributed by atoms with E-state index in [4.69, 9.17) is 21.0 Å². The highest BCUT2D eigenvalue weighted by Crippen LogP contribution is 2.39. The van der Waals surface area contributed by atoms with E-state index in [9.17, 15) is 12.8 Å². The van der Waals surface area contributed by atoms with E-state index in [2.05, 4.69) is 14.7 Å². The molecule has 4 aromatic rings. The predicted octanol–water partition coefficient (Wildman–Crippen LogP) is 5.58. The molecule has 7 nitrogen and oxygen atoms in total. The first-order chi connectivity index (χ1) is 14.7. The number of aromatic nitrogens is 3.